The normalized spacial score (nSPS) is 14.7. The van der Waals surface area contributed by atoms with Crippen LogP contribution in [0.25, 0.3) is 11.1 Å². The van der Waals surface area contributed by atoms with Crippen LogP contribution in [-0.4, -0.2) is 43.6 Å². The zero-order valence-electron chi connectivity index (χ0n) is 16.7. The molecular formula is C25H25N2OS. The number of carbonyl (C=O) groups excluding carboxylic acids is 1. The van der Waals surface area contributed by atoms with Crippen LogP contribution in [0.4, 0.5) is 5.69 Å². The highest BCUT2D eigenvalue weighted by molar-refractivity contribution is 7.98. The zero-order chi connectivity index (χ0) is 20.1. The number of piperazine rings is 1. The van der Waals surface area contributed by atoms with Gasteiger partial charge in [0.05, 0.1) is 0 Å². The van der Waals surface area contributed by atoms with Crippen molar-refractivity contribution in [2.45, 2.75) is 11.4 Å². The molecule has 0 atom stereocenters. The van der Waals surface area contributed by atoms with E-state index in [2.05, 4.69) is 64.6 Å². The van der Waals surface area contributed by atoms with Gasteiger partial charge < -0.3 is 4.90 Å². The van der Waals surface area contributed by atoms with Crippen molar-refractivity contribution in [2.24, 2.45) is 0 Å². The van der Waals surface area contributed by atoms with Crippen LogP contribution in [0.5, 0.6) is 0 Å². The van der Waals surface area contributed by atoms with Gasteiger partial charge in [-0.2, -0.15) is 0 Å². The predicted octanol–water partition coefficient (Wildman–Crippen LogP) is 4.86. The molecule has 3 aromatic rings. The lowest BCUT2D eigenvalue weighted by Crippen LogP contribution is -2.46. The Labute approximate surface area is 177 Å². The summed E-state index contributed by atoms with van der Waals surface area (Å²) in [6, 6.07) is 25.3. The molecule has 4 rings (SSSR count). The van der Waals surface area contributed by atoms with Crippen LogP contribution >= 0.6 is 11.8 Å². The lowest BCUT2D eigenvalue weighted by Gasteiger charge is -2.36. The van der Waals surface area contributed by atoms with Crippen molar-refractivity contribution in [2.75, 3.05) is 37.3 Å². The fourth-order valence-corrected chi connectivity index (χ4v) is 4.26. The molecule has 1 fully saturated rings. The van der Waals surface area contributed by atoms with Crippen molar-refractivity contribution in [1.29, 1.82) is 0 Å². The molecule has 1 aliphatic heterocycles. The van der Waals surface area contributed by atoms with E-state index in [9.17, 15) is 4.79 Å². The topological polar surface area (TPSA) is 23.6 Å². The third-order valence-corrected chi connectivity index (χ3v) is 6.28. The van der Waals surface area contributed by atoms with E-state index in [-0.39, 0.29) is 0 Å². The molecule has 0 spiro atoms. The van der Waals surface area contributed by atoms with Gasteiger partial charge in [-0.3, -0.25) is 9.69 Å². The Kier molecular flexibility index (Phi) is 6.33. The Balaban J connectivity index is 1.42. The average molecular weight is 402 g/mol. The number of hydrogen-bond donors (Lipinski definition) is 0. The Hall–Kier alpha value is -2.56. The second-order valence-corrected chi connectivity index (χ2v) is 8.18. The van der Waals surface area contributed by atoms with Gasteiger partial charge in [-0.1, -0.05) is 36.4 Å². The van der Waals surface area contributed by atoms with E-state index in [0.29, 0.717) is 5.56 Å². The number of anilines is 1. The molecule has 1 heterocycles. The molecule has 147 valence electrons. The smallest absolute Gasteiger partial charge is 0.233 e. The summed E-state index contributed by atoms with van der Waals surface area (Å²) in [4.78, 5) is 16.9. The van der Waals surface area contributed by atoms with Crippen molar-refractivity contribution in [1.82, 2.24) is 4.90 Å². The highest BCUT2D eigenvalue weighted by Crippen LogP contribution is 2.27. The Bertz CT molecular complexity index is 945. The van der Waals surface area contributed by atoms with Crippen molar-refractivity contribution >= 4 is 23.7 Å². The van der Waals surface area contributed by atoms with Crippen molar-refractivity contribution in [3.8, 4) is 11.1 Å². The fraction of sp³-hybridized carbons (Fsp3) is 0.240. The number of nitrogens with zero attached hydrogens (tertiary/aromatic N) is 2. The molecule has 0 aromatic heterocycles. The minimum Gasteiger partial charge on any atom is -0.369 e. The Morgan fingerprint density at radius 2 is 1.55 bits per heavy atom. The van der Waals surface area contributed by atoms with Crippen LogP contribution in [0.1, 0.15) is 11.1 Å². The summed E-state index contributed by atoms with van der Waals surface area (Å²) in [6.45, 7) is 5.01. The highest BCUT2D eigenvalue weighted by Gasteiger charge is 2.18. The third-order valence-electron chi connectivity index (χ3n) is 5.53. The van der Waals surface area contributed by atoms with Crippen molar-refractivity contribution < 1.29 is 4.79 Å². The lowest BCUT2D eigenvalue weighted by atomic mass is 9.99. The van der Waals surface area contributed by atoms with Gasteiger partial charge >= 0.3 is 0 Å². The molecule has 0 amide bonds. The van der Waals surface area contributed by atoms with Gasteiger partial charge in [-0.15, -0.1) is 11.8 Å². The molecule has 1 radical (unpaired) electrons. The maximum absolute atomic E-state index is 10.7. The standard InChI is InChI=1S/C25H25N2OS/c1-29-24-12-8-21(9-13-24)25-5-3-2-4-22(25)18-26-14-16-27(17-15-26)23-10-6-20(19-28)7-11-23/h2-13H,14-18H2,1H3. The minimum absolute atomic E-state index is 0.606. The van der Waals surface area contributed by atoms with Crippen LogP contribution in [-0.2, 0) is 11.3 Å². The third kappa shape index (κ3) is 4.72. The van der Waals surface area contributed by atoms with Crippen LogP contribution in [0.3, 0.4) is 0 Å². The summed E-state index contributed by atoms with van der Waals surface area (Å²) in [6.07, 6.45) is 4.05. The van der Waals surface area contributed by atoms with Gasteiger partial charge in [0.25, 0.3) is 0 Å². The summed E-state index contributed by atoms with van der Waals surface area (Å²) in [5.74, 6) is 0. The van der Waals surface area contributed by atoms with Crippen LogP contribution in [0.2, 0.25) is 0 Å². The zero-order valence-corrected chi connectivity index (χ0v) is 17.5. The maximum Gasteiger partial charge on any atom is 0.233 e. The fourth-order valence-electron chi connectivity index (χ4n) is 3.86. The van der Waals surface area contributed by atoms with E-state index in [1.807, 2.05) is 30.6 Å². The van der Waals surface area contributed by atoms with Crippen molar-refractivity contribution in [3.63, 3.8) is 0 Å². The van der Waals surface area contributed by atoms with Crippen LogP contribution in [0, 0.1) is 0 Å². The number of benzene rings is 3. The highest BCUT2D eigenvalue weighted by atomic mass is 32.2. The number of rotatable bonds is 6. The first-order valence-corrected chi connectivity index (χ1v) is 11.2. The molecule has 0 bridgehead atoms. The van der Waals surface area contributed by atoms with Gasteiger partial charge in [0.1, 0.15) is 0 Å². The SMILES string of the molecule is CSc1ccc(-c2ccccc2CN2CCN(c3ccc([C]=O)cc3)CC2)cc1. The first kappa shape index (κ1) is 19.7. The molecule has 3 nitrogen and oxygen atoms in total. The van der Waals surface area contributed by atoms with E-state index < -0.39 is 0 Å². The summed E-state index contributed by atoms with van der Waals surface area (Å²) < 4.78 is 0. The molecule has 0 aliphatic carbocycles. The van der Waals surface area contributed by atoms with E-state index in [1.165, 1.54) is 27.3 Å². The maximum atomic E-state index is 10.7. The summed E-state index contributed by atoms with van der Waals surface area (Å²) in [5.41, 5.74) is 5.77. The molecular weight excluding hydrogens is 376 g/mol. The second-order valence-electron chi connectivity index (χ2n) is 7.30. The van der Waals surface area contributed by atoms with E-state index in [0.717, 1.165) is 32.7 Å². The largest absolute Gasteiger partial charge is 0.369 e. The predicted molar refractivity (Wildman–Crippen MR) is 122 cm³/mol. The molecule has 0 N–H and O–H groups in total. The molecule has 3 aromatic carbocycles. The van der Waals surface area contributed by atoms with Gasteiger partial charge in [-0.05, 0) is 59.3 Å². The second kappa shape index (κ2) is 9.29. The molecule has 1 aliphatic rings. The first-order chi connectivity index (χ1) is 14.3. The van der Waals surface area contributed by atoms with E-state index in [1.54, 1.807) is 11.8 Å². The number of hydrogen-bond acceptors (Lipinski definition) is 4. The van der Waals surface area contributed by atoms with Gasteiger partial charge in [0.15, 0.2) is 0 Å². The summed E-state index contributed by atoms with van der Waals surface area (Å²) in [7, 11) is 0. The van der Waals surface area contributed by atoms with Crippen LogP contribution in [0.15, 0.2) is 77.7 Å². The summed E-state index contributed by atoms with van der Waals surface area (Å²) >= 11 is 1.77. The first-order valence-electron chi connectivity index (χ1n) is 9.94. The minimum atomic E-state index is 0.606. The molecule has 0 saturated carbocycles. The summed E-state index contributed by atoms with van der Waals surface area (Å²) in [5, 5.41) is 0. The monoisotopic (exact) mass is 401 g/mol. The average Bonchev–Trinajstić information content (AvgIpc) is 2.80. The Morgan fingerprint density at radius 1 is 0.862 bits per heavy atom. The lowest BCUT2D eigenvalue weighted by molar-refractivity contribution is 0.250. The Morgan fingerprint density at radius 3 is 2.21 bits per heavy atom. The van der Waals surface area contributed by atoms with Crippen molar-refractivity contribution in [3.05, 3.63) is 83.9 Å². The molecule has 4 heteroatoms. The quantitative estimate of drug-likeness (QED) is 0.551. The van der Waals surface area contributed by atoms with Gasteiger partial charge in [0, 0.05) is 48.9 Å². The van der Waals surface area contributed by atoms with Crippen LogP contribution < -0.4 is 4.90 Å². The molecule has 29 heavy (non-hydrogen) atoms. The van der Waals surface area contributed by atoms with Gasteiger partial charge in [0.2, 0.25) is 6.29 Å². The molecule has 1 saturated heterocycles. The number of thioether (sulfide) groups is 1. The van der Waals surface area contributed by atoms with E-state index in [4.69, 9.17) is 0 Å². The van der Waals surface area contributed by atoms with Gasteiger partial charge in [-0.25, -0.2) is 0 Å². The van der Waals surface area contributed by atoms with E-state index >= 15 is 0 Å². The molecule has 0 unspecified atom stereocenters.